The third kappa shape index (κ3) is 4.56. The van der Waals surface area contributed by atoms with Gasteiger partial charge in [0, 0.05) is 25.0 Å². The lowest BCUT2D eigenvalue weighted by Gasteiger charge is -2.13. The zero-order valence-electron chi connectivity index (χ0n) is 13.3. The van der Waals surface area contributed by atoms with E-state index in [1.807, 2.05) is 12.3 Å². The lowest BCUT2D eigenvalue weighted by atomic mass is 10.1. The molecule has 22 heavy (non-hydrogen) atoms. The predicted molar refractivity (Wildman–Crippen MR) is 90.8 cm³/mol. The molecule has 0 unspecified atom stereocenters. The number of carbonyl (C=O) groups is 1. The Balaban J connectivity index is 1.69. The summed E-state index contributed by atoms with van der Waals surface area (Å²) in [4.78, 5) is 17.8. The van der Waals surface area contributed by atoms with Gasteiger partial charge in [0.1, 0.15) is 5.75 Å². The number of rotatable bonds is 7. The van der Waals surface area contributed by atoms with Crippen LogP contribution in [0, 0.1) is 13.8 Å². The molecular weight excluding hydrogens is 296 g/mol. The highest BCUT2D eigenvalue weighted by molar-refractivity contribution is 7.13. The van der Waals surface area contributed by atoms with Crippen LogP contribution in [0.2, 0.25) is 0 Å². The van der Waals surface area contributed by atoms with Crippen molar-refractivity contribution in [3.8, 4) is 5.75 Å². The zero-order chi connectivity index (χ0) is 15.9. The summed E-state index contributed by atoms with van der Waals surface area (Å²) in [7, 11) is 1.77. The number of unbranched alkanes of at least 4 members (excludes halogenated alkanes) is 1. The molecule has 0 N–H and O–H groups in total. The highest BCUT2D eigenvalue weighted by atomic mass is 32.1. The first kappa shape index (κ1) is 16.5. The van der Waals surface area contributed by atoms with E-state index in [1.54, 1.807) is 18.1 Å². The number of benzene rings is 1. The number of aromatic nitrogens is 1. The molecule has 1 aromatic carbocycles. The quantitative estimate of drug-likeness (QED) is 0.725. The van der Waals surface area contributed by atoms with E-state index < -0.39 is 0 Å². The molecule has 0 saturated heterocycles. The molecule has 1 heterocycles. The third-order valence-electron chi connectivity index (χ3n) is 3.47. The van der Waals surface area contributed by atoms with Crippen LogP contribution >= 0.6 is 11.3 Å². The van der Waals surface area contributed by atoms with Crippen LogP contribution in [0.1, 0.15) is 30.4 Å². The topological polar surface area (TPSA) is 42.4 Å². The molecule has 1 aromatic heterocycles. The van der Waals surface area contributed by atoms with Crippen molar-refractivity contribution in [2.24, 2.45) is 0 Å². The fraction of sp³-hybridized carbons (Fsp3) is 0.412. The molecule has 0 spiro atoms. The Labute approximate surface area is 135 Å². The number of anilines is 1. The van der Waals surface area contributed by atoms with Gasteiger partial charge in [0.2, 0.25) is 5.91 Å². The maximum absolute atomic E-state index is 12.0. The number of thiazole rings is 1. The van der Waals surface area contributed by atoms with Gasteiger partial charge in [-0.05, 0) is 43.9 Å². The molecule has 4 nitrogen and oxygen atoms in total. The van der Waals surface area contributed by atoms with E-state index >= 15 is 0 Å². The Bertz CT molecular complexity index is 611. The van der Waals surface area contributed by atoms with E-state index in [1.165, 1.54) is 16.9 Å². The van der Waals surface area contributed by atoms with E-state index in [0.717, 1.165) is 29.3 Å². The minimum Gasteiger partial charge on any atom is -0.493 e. The number of carbonyl (C=O) groups excluding carboxylic acids is 1. The Morgan fingerprint density at radius 2 is 2.14 bits per heavy atom. The molecule has 0 aliphatic rings. The van der Waals surface area contributed by atoms with Crippen LogP contribution in [0.15, 0.2) is 29.8 Å². The van der Waals surface area contributed by atoms with Gasteiger partial charge < -0.3 is 4.74 Å². The lowest BCUT2D eigenvalue weighted by Crippen LogP contribution is -2.25. The van der Waals surface area contributed by atoms with Gasteiger partial charge in [-0.15, -0.1) is 11.3 Å². The van der Waals surface area contributed by atoms with Gasteiger partial charge in [-0.1, -0.05) is 12.1 Å². The standard InChI is InChI=1S/C17H22N2O2S/c1-13-7-8-14(2)15(12-13)21-10-5-4-6-16(20)19(3)17-18-9-11-22-17/h7-9,11-12H,4-6,10H2,1-3H3. The summed E-state index contributed by atoms with van der Waals surface area (Å²) in [6.45, 7) is 4.74. The molecule has 118 valence electrons. The van der Waals surface area contributed by atoms with Crippen molar-refractivity contribution in [2.45, 2.75) is 33.1 Å². The molecule has 0 atom stereocenters. The van der Waals surface area contributed by atoms with Crippen molar-refractivity contribution >= 4 is 22.4 Å². The van der Waals surface area contributed by atoms with Gasteiger partial charge in [-0.25, -0.2) is 4.98 Å². The van der Waals surface area contributed by atoms with Crippen molar-refractivity contribution in [2.75, 3.05) is 18.6 Å². The Morgan fingerprint density at radius 1 is 1.32 bits per heavy atom. The first-order chi connectivity index (χ1) is 10.6. The fourth-order valence-electron chi connectivity index (χ4n) is 2.08. The van der Waals surface area contributed by atoms with Crippen molar-refractivity contribution in [3.63, 3.8) is 0 Å². The highest BCUT2D eigenvalue weighted by Gasteiger charge is 2.12. The zero-order valence-corrected chi connectivity index (χ0v) is 14.2. The molecule has 5 heteroatoms. The SMILES string of the molecule is Cc1ccc(C)c(OCCCCC(=O)N(C)c2nccs2)c1. The van der Waals surface area contributed by atoms with Crippen molar-refractivity contribution < 1.29 is 9.53 Å². The first-order valence-electron chi connectivity index (χ1n) is 7.44. The lowest BCUT2D eigenvalue weighted by molar-refractivity contribution is -0.118. The summed E-state index contributed by atoms with van der Waals surface area (Å²) in [6.07, 6.45) is 3.91. The second-order valence-electron chi connectivity index (χ2n) is 5.34. The highest BCUT2D eigenvalue weighted by Crippen LogP contribution is 2.20. The van der Waals surface area contributed by atoms with Gasteiger partial charge >= 0.3 is 0 Å². The summed E-state index contributed by atoms with van der Waals surface area (Å²) >= 11 is 1.47. The summed E-state index contributed by atoms with van der Waals surface area (Å²) in [5, 5.41) is 2.62. The minimum atomic E-state index is 0.0988. The van der Waals surface area contributed by atoms with Gasteiger partial charge in [0.15, 0.2) is 5.13 Å². The van der Waals surface area contributed by atoms with E-state index in [0.29, 0.717) is 13.0 Å². The van der Waals surface area contributed by atoms with Crippen molar-refractivity contribution in [1.82, 2.24) is 4.98 Å². The number of ether oxygens (including phenoxy) is 1. The van der Waals surface area contributed by atoms with Crippen LogP contribution in [0.5, 0.6) is 5.75 Å². The molecule has 0 saturated carbocycles. The van der Waals surface area contributed by atoms with Crippen LogP contribution in [-0.2, 0) is 4.79 Å². The number of amides is 1. The van der Waals surface area contributed by atoms with E-state index in [-0.39, 0.29) is 5.91 Å². The molecule has 0 aliphatic heterocycles. The summed E-state index contributed by atoms with van der Waals surface area (Å²) in [5.74, 6) is 1.04. The van der Waals surface area contributed by atoms with Crippen LogP contribution in [-0.4, -0.2) is 24.5 Å². The molecule has 2 rings (SSSR count). The predicted octanol–water partition coefficient (Wildman–Crippen LogP) is 3.97. The molecule has 0 fully saturated rings. The van der Waals surface area contributed by atoms with E-state index in [4.69, 9.17) is 4.74 Å². The van der Waals surface area contributed by atoms with Crippen LogP contribution in [0.4, 0.5) is 5.13 Å². The molecule has 0 aliphatic carbocycles. The molecular formula is C17H22N2O2S. The summed E-state index contributed by atoms with van der Waals surface area (Å²) in [6, 6.07) is 6.20. The van der Waals surface area contributed by atoms with Gasteiger partial charge in [-0.2, -0.15) is 0 Å². The summed E-state index contributed by atoms with van der Waals surface area (Å²) in [5.41, 5.74) is 2.34. The third-order valence-corrected chi connectivity index (χ3v) is 4.31. The number of aryl methyl sites for hydroxylation is 2. The van der Waals surface area contributed by atoms with Gasteiger partial charge in [0.05, 0.1) is 6.61 Å². The molecule has 0 bridgehead atoms. The maximum atomic E-state index is 12.0. The van der Waals surface area contributed by atoms with Gasteiger partial charge in [-0.3, -0.25) is 9.69 Å². The maximum Gasteiger partial charge on any atom is 0.228 e. The largest absolute Gasteiger partial charge is 0.493 e. The smallest absolute Gasteiger partial charge is 0.228 e. The van der Waals surface area contributed by atoms with Crippen molar-refractivity contribution in [1.29, 1.82) is 0 Å². The fourth-order valence-corrected chi connectivity index (χ4v) is 2.70. The second-order valence-corrected chi connectivity index (χ2v) is 6.21. The first-order valence-corrected chi connectivity index (χ1v) is 8.32. The number of nitrogens with zero attached hydrogens (tertiary/aromatic N) is 2. The Kier molecular flexibility index (Phi) is 5.95. The van der Waals surface area contributed by atoms with E-state index in [9.17, 15) is 4.79 Å². The Morgan fingerprint density at radius 3 is 2.86 bits per heavy atom. The van der Waals surface area contributed by atoms with E-state index in [2.05, 4.69) is 30.1 Å². The Hall–Kier alpha value is -1.88. The van der Waals surface area contributed by atoms with Gasteiger partial charge in [0.25, 0.3) is 0 Å². The monoisotopic (exact) mass is 318 g/mol. The average Bonchev–Trinajstić information content (AvgIpc) is 3.03. The summed E-state index contributed by atoms with van der Waals surface area (Å²) < 4.78 is 5.80. The molecule has 2 aromatic rings. The van der Waals surface area contributed by atoms with Crippen LogP contribution < -0.4 is 9.64 Å². The van der Waals surface area contributed by atoms with Crippen LogP contribution in [0.3, 0.4) is 0 Å². The number of hydrogen-bond acceptors (Lipinski definition) is 4. The minimum absolute atomic E-state index is 0.0988. The van der Waals surface area contributed by atoms with Crippen LogP contribution in [0.25, 0.3) is 0 Å². The average molecular weight is 318 g/mol. The normalized spacial score (nSPS) is 10.5. The number of hydrogen-bond donors (Lipinski definition) is 0. The molecule has 0 radical (unpaired) electrons. The molecule has 1 amide bonds. The second kappa shape index (κ2) is 7.94. The van der Waals surface area contributed by atoms with Crippen molar-refractivity contribution in [3.05, 3.63) is 40.9 Å².